The van der Waals surface area contributed by atoms with Gasteiger partial charge in [-0.05, 0) is 43.4 Å². The van der Waals surface area contributed by atoms with E-state index in [0.717, 1.165) is 12.8 Å². The number of hydrogen-bond donors (Lipinski definition) is 0. The minimum absolute atomic E-state index is 0.0739. The van der Waals surface area contributed by atoms with Gasteiger partial charge in [0.2, 0.25) is 0 Å². The van der Waals surface area contributed by atoms with Crippen LogP contribution in [0.25, 0.3) is 0 Å². The quantitative estimate of drug-likeness (QED) is 0.785. The molecule has 0 spiro atoms. The van der Waals surface area contributed by atoms with Crippen molar-refractivity contribution in [1.82, 2.24) is 0 Å². The lowest BCUT2D eigenvalue weighted by Crippen LogP contribution is -2.42. The number of ether oxygens (including phenoxy) is 2. The van der Waals surface area contributed by atoms with E-state index in [2.05, 4.69) is 48.5 Å². The van der Waals surface area contributed by atoms with E-state index in [-0.39, 0.29) is 6.10 Å². The minimum Gasteiger partial charge on any atom is -0.343 e. The van der Waals surface area contributed by atoms with E-state index in [1.165, 1.54) is 16.7 Å². The molecule has 1 fully saturated rings. The Bertz CT molecular complexity index is 662. The van der Waals surface area contributed by atoms with Gasteiger partial charge in [-0.25, -0.2) is 0 Å². The highest BCUT2D eigenvalue weighted by Gasteiger charge is 2.57. The zero-order chi connectivity index (χ0) is 14.5. The highest BCUT2D eigenvalue weighted by molar-refractivity contribution is 5.46. The lowest BCUT2D eigenvalue weighted by Gasteiger charge is -2.39. The minimum atomic E-state index is -0.558. The lowest BCUT2D eigenvalue weighted by atomic mass is 9.73. The second-order valence-electron chi connectivity index (χ2n) is 6.41. The Kier molecular flexibility index (Phi) is 2.75. The van der Waals surface area contributed by atoms with E-state index in [1.807, 2.05) is 19.9 Å². The van der Waals surface area contributed by atoms with Crippen LogP contribution in [-0.2, 0) is 21.5 Å². The van der Waals surface area contributed by atoms with Crippen molar-refractivity contribution >= 4 is 0 Å². The van der Waals surface area contributed by atoms with Gasteiger partial charge in [0.1, 0.15) is 5.60 Å². The number of aryl methyl sites for hydroxylation is 1. The maximum atomic E-state index is 6.53. The SMILES string of the molecule is CC1(C)OC2CCc3ccccc3C2(c2ccccc2)O1. The molecule has 1 saturated heterocycles. The zero-order valence-electron chi connectivity index (χ0n) is 12.5. The molecule has 1 heterocycles. The van der Waals surface area contributed by atoms with E-state index < -0.39 is 11.4 Å². The number of fused-ring (bicyclic) bond motifs is 3. The number of rotatable bonds is 1. The van der Waals surface area contributed by atoms with Crippen molar-refractivity contribution < 1.29 is 9.47 Å². The fraction of sp³-hybridized carbons (Fsp3) is 0.368. The first-order valence-electron chi connectivity index (χ1n) is 7.64. The Balaban J connectivity index is 1.98. The lowest BCUT2D eigenvalue weighted by molar-refractivity contribution is -0.157. The molecule has 2 heteroatoms. The summed E-state index contributed by atoms with van der Waals surface area (Å²) in [6, 6.07) is 19.1. The monoisotopic (exact) mass is 280 g/mol. The molecule has 0 amide bonds. The van der Waals surface area contributed by atoms with Crippen molar-refractivity contribution in [2.45, 2.75) is 44.2 Å². The van der Waals surface area contributed by atoms with Crippen LogP contribution in [0, 0.1) is 0 Å². The topological polar surface area (TPSA) is 18.5 Å². The summed E-state index contributed by atoms with van der Waals surface area (Å²) in [6.45, 7) is 4.03. The normalized spacial score (nSPS) is 29.7. The Labute approximate surface area is 125 Å². The third kappa shape index (κ3) is 1.86. The molecule has 2 aromatic rings. The van der Waals surface area contributed by atoms with Crippen LogP contribution in [0.1, 0.15) is 37.0 Å². The van der Waals surface area contributed by atoms with Crippen LogP contribution in [-0.4, -0.2) is 11.9 Å². The van der Waals surface area contributed by atoms with Gasteiger partial charge in [0.15, 0.2) is 5.79 Å². The van der Waals surface area contributed by atoms with Gasteiger partial charge in [0.05, 0.1) is 6.10 Å². The average Bonchev–Trinajstić information content (AvgIpc) is 2.80. The van der Waals surface area contributed by atoms with Crippen molar-refractivity contribution in [2.75, 3.05) is 0 Å². The molecule has 21 heavy (non-hydrogen) atoms. The van der Waals surface area contributed by atoms with Gasteiger partial charge in [-0.15, -0.1) is 0 Å². The summed E-state index contributed by atoms with van der Waals surface area (Å²) < 4.78 is 12.8. The maximum Gasteiger partial charge on any atom is 0.165 e. The molecule has 0 bridgehead atoms. The van der Waals surface area contributed by atoms with Crippen LogP contribution in [0.3, 0.4) is 0 Å². The fourth-order valence-corrected chi connectivity index (χ4v) is 3.87. The zero-order valence-corrected chi connectivity index (χ0v) is 12.5. The molecule has 108 valence electrons. The molecular weight excluding hydrogens is 260 g/mol. The first-order chi connectivity index (χ1) is 10.1. The summed E-state index contributed by atoms with van der Waals surface area (Å²) in [5.74, 6) is -0.558. The predicted molar refractivity (Wildman–Crippen MR) is 82.0 cm³/mol. The van der Waals surface area contributed by atoms with Gasteiger partial charge in [-0.1, -0.05) is 54.6 Å². The summed E-state index contributed by atoms with van der Waals surface area (Å²) in [5.41, 5.74) is 3.35. The van der Waals surface area contributed by atoms with Gasteiger partial charge >= 0.3 is 0 Å². The van der Waals surface area contributed by atoms with Gasteiger partial charge in [0, 0.05) is 0 Å². The van der Waals surface area contributed by atoms with E-state index in [1.54, 1.807) is 0 Å². The van der Waals surface area contributed by atoms with Crippen LogP contribution in [0.2, 0.25) is 0 Å². The van der Waals surface area contributed by atoms with Gasteiger partial charge < -0.3 is 9.47 Å². The summed E-state index contributed by atoms with van der Waals surface area (Å²) in [4.78, 5) is 0. The van der Waals surface area contributed by atoms with Crippen molar-refractivity contribution in [3.63, 3.8) is 0 Å². The van der Waals surface area contributed by atoms with Crippen LogP contribution < -0.4 is 0 Å². The van der Waals surface area contributed by atoms with E-state index in [9.17, 15) is 0 Å². The van der Waals surface area contributed by atoms with Crippen LogP contribution in [0.15, 0.2) is 54.6 Å². The smallest absolute Gasteiger partial charge is 0.165 e. The molecule has 0 radical (unpaired) electrons. The molecule has 2 unspecified atom stereocenters. The number of hydrogen-bond acceptors (Lipinski definition) is 2. The molecule has 0 saturated carbocycles. The van der Waals surface area contributed by atoms with Crippen molar-refractivity contribution in [2.24, 2.45) is 0 Å². The standard InChI is InChI=1S/C19H20O2/c1-18(2)20-17-13-12-14-8-6-7-11-16(14)19(17,21-18)15-9-4-3-5-10-15/h3-11,17H,12-13H2,1-2H3. The first-order valence-corrected chi connectivity index (χ1v) is 7.64. The average molecular weight is 280 g/mol. The Hall–Kier alpha value is -1.64. The second-order valence-corrected chi connectivity index (χ2v) is 6.41. The Morgan fingerprint density at radius 1 is 0.952 bits per heavy atom. The van der Waals surface area contributed by atoms with E-state index in [4.69, 9.17) is 9.47 Å². The largest absolute Gasteiger partial charge is 0.343 e. The number of benzene rings is 2. The van der Waals surface area contributed by atoms with E-state index in [0.29, 0.717) is 0 Å². The third-order valence-electron chi connectivity index (χ3n) is 4.58. The van der Waals surface area contributed by atoms with Crippen LogP contribution >= 0.6 is 0 Å². The van der Waals surface area contributed by atoms with Gasteiger partial charge in [-0.3, -0.25) is 0 Å². The molecule has 1 aliphatic carbocycles. The predicted octanol–water partition coefficient (Wildman–Crippen LogP) is 4.03. The fourth-order valence-electron chi connectivity index (χ4n) is 3.87. The summed E-state index contributed by atoms with van der Waals surface area (Å²) in [6.07, 6.45) is 2.12. The molecule has 0 aromatic heterocycles. The summed E-state index contributed by atoms with van der Waals surface area (Å²) in [5, 5.41) is 0. The molecule has 2 nitrogen and oxygen atoms in total. The summed E-state index contributed by atoms with van der Waals surface area (Å²) in [7, 11) is 0. The Morgan fingerprint density at radius 2 is 1.67 bits per heavy atom. The molecule has 0 N–H and O–H groups in total. The van der Waals surface area contributed by atoms with Gasteiger partial charge in [0.25, 0.3) is 0 Å². The van der Waals surface area contributed by atoms with Crippen LogP contribution in [0.5, 0.6) is 0 Å². The van der Waals surface area contributed by atoms with Gasteiger partial charge in [-0.2, -0.15) is 0 Å². The Morgan fingerprint density at radius 3 is 2.48 bits per heavy atom. The molecule has 2 atom stereocenters. The third-order valence-corrected chi connectivity index (χ3v) is 4.58. The van der Waals surface area contributed by atoms with Crippen LogP contribution in [0.4, 0.5) is 0 Å². The van der Waals surface area contributed by atoms with Crippen molar-refractivity contribution in [3.05, 3.63) is 71.3 Å². The first kappa shape index (κ1) is 13.1. The highest BCUT2D eigenvalue weighted by Crippen LogP contribution is 2.52. The maximum absolute atomic E-state index is 6.53. The van der Waals surface area contributed by atoms with Crippen molar-refractivity contribution in [3.8, 4) is 0 Å². The molecular formula is C19H20O2. The molecule has 2 aromatic carbocycles. The molecule has 4 rings (SSSR count). The van der Waals surface area contributed by atoms with Crippen molar-refractivity contribution in [1.29, 1.82) is 0 Å². The summed E-state index contributed by atoms with van der Waals surface area (Å²) >= 11 is 0. The van der Waals surface area contributed by atoms with E-state index >= 15 is 0 Å². The molecule has 1 aliphatic heterocycles. The highest BCUT2D eigenvalue weighted by atomic mass is 16.8. The second kappa shape index (κ2) is 4.43. The molecule has 2 aliphatic rings.